The number of halogens is 1. The van der Waals surface area contributed by atoms with Gasteiger partial charge < -0.3 is 10.1 Å². The number of hydrogen-bond acceptors (Lipinski definition) is 3. The van der Waals surface area contributed by atoms with Crippen LogP contribution in [0.2, 0.25) is 5.15 Å². The fourth-order valence-electron chi connectivity index (χ4n) is 1.97. The Balaban J connectivity index is 1.77. The summed E-state index contributed by atoms with van der Waals surface area (Å²) in [7, 11) is 1.80. The van der Waals surface area contributed by atoms with Gasteiger partial charge in [0, 0.05) is 26.4 Å². The highest BCUT2D eigenvalue weighted by Crippen LogP contribution is 2.34. The lowest BCUT2D eigenvalue weighted by Gasteiger charge is -2.40. The molecule has 0 unspecified atom stereocenters. The summed E-state index contributed by atoms with van der Waals surface area (Å²) in [6.45, 7) is 1.72. The second-order valence-corrected chi connectivity index (χ2v) is 4.72. The Labute approximate surface area is 101 Å². The van der Waals surface area contributed by atoms with Gasteiger partial charge >= 0.3 is 0 Å². The molecule has 1 N–H and O–H groups in total. The molecule has 0 bridgehead atoms. The zero-order chi connectivity index (χ0) is 11.4. The van der Waals surface area contributed by atoms with Crippen LogP contribution in [0.1, 0.15) is 24.8 Å². The lowest BCUT2D eigenvalue weighted by Crippen LogP contribution is -2.47. The van der Waals surface area contributed by atoms with Crippen molar-refractivity contribution in [3.8, 4) is 0 Å². The van der Waals surface area contributed by atoms with Crippen molar-refractivity contribution in [2.75, 3.05) is 13.7 Å². The van der Waals surface area contributed by atoms with Gasteiger partial charge in [0.05, 0.1) is 5.60 Å². The van der Waals surface area contributed by atoms with Gasteiger partial charge in [-0.25, -0.2) is 4.98 Å². The third-order valence-corrected chi connectivity index (χ3v) is 3.49. The summed E-state index contributed by atoms with van der Waals surface area (Å²) in [4.78, 5) is 4.04. The molecule has 0 atom stereocenters. The molecule has 0 spiro atoms. The van der Waals surface area contributed by atoms with E-state index < -0.39 is 0 Å². The van der Waals surface area contributed by atoms with Gasteiger partial charge in [-0.1, -0.05) is 17.7 Å². The van der Waals surface area contributed by atoms with E-state index >= 15 is 0 Å². The van der Waals surface area contributed by atoms with E-state index in [1.807, 2.05) is 12.1 Å². The van der Waals surface area contributed by atoms with Gasteiger partial charge in [-0.3, -0.25) is 0 Å². The van der Waals surface area contributed by atoms with Crippen LogP contribution in [0.15, 0.2) is 18.3 Å². The summed E-state index contributed by atoms with van der Waals surface area (Å²) in [6, 6.07) is 3.80. The zero-order valence-corrected chi connectivity index (χ0v) is 10.3. The number of pyridine rings is 1. The fourth-order valence-corrected chi connectivity index (χ4v) is 2.08. The van der Waals surface area contributed by atoms with Crippen LogP contribution in [0.4, 0.5) is 0 Å². The van der Waals surface area contributed by atoms with Gasteiger partial charge in [0.1, 0.15) is 5.15 Å². The molecule has 0 amide bonds. The number of hydrogen-bond donors (Lipinski definition) is 1. The maximum absolute atomic E-state index is 5.72. The maximum Gasteiger partial charge on any atom is 0.129 e. The Bertz CT molecular complexity index is 330. The Morgan fingerprint density at radius 3 is 2.81 bits per heavy atom. The SMILES string of the molecule is COC1(CNCc2ccc(Cl)nc2)CCC1. The van der Waals surface area contributed by atoms with Crippen LogP contribution in [0.5, 0.6) is 0 Å². The van der Waals surface area contributed by atoms with Crippen molar-refractivity contribution in [1.29, 1.82) is 0 Å². The molecule has 1 fully saturated rings. The second-order valence-electron chi connectivity index (χ2n) is 4.33. The Morgan fingerprint density at radius 1 is 1.50 bits per heavy atom. The Hall–Kier alpha value is -0.640. The summed E-state index contributed by atoms with van der Waals surface area (Å²) in [5, 5.41) is 3.94. The Kier molecular flexibility index (Phi) is 3.79. The minimum atomic E-state index is 0.0832. The molecule has 4 heteroatoms. The predicted octanol–water partition coefficient (Wildman–Crippen LogP) is 2.39. The van der Waals surface area contributed by atoms with Crippen LogP contribution in [-0.4, -0.2) is 24.2 Å². The van der Waals surface area contributed by atoms with E-state index in [1.54, 1.807) is 13.3 Å². The van der Waals surface area contributed by atoms with E-state index in [9.17, 15) is 0 Å². The highest BCUT2D eigenvalue weighted by Gasteiger charge is 2.36. The summed E-state index contributed by atoms with van der Waals surface area (Å²) in [6.07, 6.45) is 5.40. The largest absolute Gasteiger partial charge is 0.377 e. The molecule has 16 heavy (non-hydrogen) atoms. The van der Waals surface area contributed by atoms with Crippen molar-refractivity contribution in [3.05, 3.63) is 29.0 Å². The minimum Gasteiger partial charge on any atom is -0.377 e. The molecular formula is C12H17ClN2O. The molecule has 3 nitrogen and oxygen atoms in total. The summed E-state index contributed by atoms with van der Waals surface area (Å²) >= 11 is 5.72. The van der Waals surface area contributed by atoms with Crippen LogP contribution in [-0.2, 0) is 11.3 Å². The fraction of sp³-hybridized carbons (Fsp3) is 0.583. The quantitative estimate of drug-likeness (QED) is 0.803. The number of aromatic nitrogens is 1. The van der Waals surface area contributed by atoms with Crippen molar-refractivity contribution in [2.24, 2.45) is 0 Å². The summed E-state index contributed by atoms with van der Waals surface area (Å²) < 4.78 is 5.53. The third-order valence-electron chi connectivity index (χ3n) is 3.26. The van der Waals surface area contributed by atoms with E-state index in [0.717, 1.165) is 31.5 Å². The maximum atomic E-state index is 5.72. The van der Waals surface area contributed by atoms with Gasteiger partial charge in [0.15, 0.2) is 0 Å². The molecule has 1 aliphatic rings. The van der Waals surface area contributed by atoms with Gasteiger partial charge in [0.2, 0.25) is 0 Å². The number of methoxy groups -OCH3 is 1. The molecule has 0 aliphatic heterocycles. The molecule has 0 saturated heterocycles. The van der Waals surface area contributed by atoms with E-state index in [2.05, 4.69) is 10.3 Å². The van der Waals surface area contributed by atoms with E-state index in [1.165, 1.54) is 6.42 Å². The van der Waals surface area contributed by atoms with Crippen LogP contribution in [0.3, 0.4) is 0 Å². The first-order valence-corrected chi connectivity index (χ1v) is 5.98. The molecule has 88 valence electrons. The van der Waals surface area contributed by atoms with Gasteiger partial charge in [-0.05, 0) is 30.9 Å². The first-order chi connectivity index (χ1) is 7.74. The van der Waals surface area contributed by atoms with Crippen molar-refractivity contribution >= 4 is 11.6 Å². The van der Waals surface area contributed by atoms with E-state index in [4.69, 9.17) is 16.3 Å². The average molecular weight is 241 g/mol. The number of nitrogens with one attached hydrogen (secondary N) is 1. The predicted molar refractivity (Wildman–Crippen MR) is 64.5 cm³/mol. The topological polar surface area (TPSA) is 34.1 Å². The molecule has 1 aliphatic carbocycles. The Morgan fingerprint density at radius 2 is 2.31 bits per heavy atom. The first kappa shape index (κ1) is 11.8. The zero-order valence-electron chi connectivity index (χ0n) is 9.50. The van der Waals surface area contributed by atoms with E-state index in [0.29, 0.717) is 5.15 Å². The molecule has 1 heterocycles. The normalized spacial score (nSPS) is 18.1. The molecule has 2 rings (SSSR count). The lowest BCUT2D eigenvalue weighted by atomic mass is 9.80. The highest BCUT2D eigenvalue weighted by atomic mass is 35.5. The standard InChI is InChI=1S/C12H17ClN2O/c1-16-12(5-2-6-12)9-14-7-10-3-4-11(13)15-8-10/h3-4,8,14H,2,5-7,9H2,1H3. The first-order valence-electron chi connectivity index (χ1n) is 5.60. The average Bonchev–Trinajstić information content (AvgIpc) is 2.25. The molecular weight excluding hydrogens is 224 g/mol. The summed E-state index contributed by atoms with van der Waals surface area (Å²) in [5.74, 6) is 0. The van der Waals surface area contributed by atoms with E-state index in [-0.39, 0.29) is 5.60 Å². The molecule has 1 aromatic rings. The third kappa shape index (κ3) is 2.73. The molecule has 0 radical (unpaired) electrons. The smallest absolute Gasteiger partial charge is 0.129 e. The van der Waals surface area contributed by atoms with Crippen LogP contribution in [0.25, 0.3) is 0 Å². The molecule has 1 aromatic heterocycles. The van der Waals surface area contributed by atoms with Crippen molar-refractivity contribution in [2.45, 2.75) is 31.4 Å². The highest BCUT2D eigenvalue weighted by molar-refractivity contribution is 6.29. The molecule has 1 saturated carbocycles. The molecule has 0 aromatic carbocycles. The number of rotatable bonds is 5. The number of ether oxygens (including phenoxy) is 1. The van der Waals surface area contributed by atoms with Crippen LogP contribution >= 0.6 is 11.6 Å². The number of nitrogens with zero attached hydrogens (tertiary/aromatic N) is 1. The van der Waals surface area contributed by atoms with Gasteiger partial charge in [-0.15, -0.1) is 0 Å². The van der Waals surface area contributed by atoms with Crippen LogP contribution in [0, 0.1) is 0 Å². The second kappa shape index (κ2) is 5.13. The monoisotopic (exact) mass is 240 g/mol. The summed E-state index contributed by atoms with van der Waals surface area (Å²) in [5.41, 5.74) is 1.23. The van der Waals surface area contributed by atoms with Crippen molar-refractivity contribution < 1.29 is 4.74 Å². The minimum absolute atomic E-state index is 0.0832. The van der Waals surface area contributed by atoms with Crippen molar-refractivity contribution in [1.82, 2.24) is 10.3 Å². The lowest BCUT2D eigenvalue weighted by molar-refractivity contribution is -0.0695. The van der Waals surface area contributed by atoms with Crippen molar-refractivity contribution in [3.63, 3.8) is 0 Å². The van der Waals surface area contributed by atoms with Gasteiger partial charge in [-0.2, -0.15) is 0 Å². The van der Waals surface area contributed by atoms with Crippen LogP contribution < -0.4 is 5.32 Å². The van der Waals surface area contributed by atoms with Gasteiger partial charge in [0.25, 0.3) is 0 Å².